The van der Waals surface area contributed by atoms with Crippen LogP contribution in [0.4, 0.5) is 0 Å². The first-order valence-corrected chi connectivity index (χ1v) is 5.64. The van der Waals surface area contributed by atoms with Gasteiger partial charge in [0, 0.05) is 25.5 Å². The van der Waals surface area contributed by atoms with Gasteiger partial charge in [-0.15, -0.1) is 0 Å². The van der Waals surface area contributed by atoms with Crippen molar-refractivity contribution >= 4 is 5.91 Å². The first-order valence-electron chi connectivity index (χ1n) is 5.64. The van der Waals surface area contributed by atoms with Gasteiger partial charge in [0.2, 0.25) is 0 Å². The normalized spacial score (nSPS) is 19.5. The first kappa shape index (κ1) is 11.0. The van der Waals surface area contributed by atoms with Crippen LogP contribution in [0.25, 0.3) is 0 Å². The van der Waals surface area contributed by atoms with E-state index < -0.39 is 0 Å². The van der Waals surface area contributed by atoms with Crippen LogP contribution in [-0.4, -0.2) is 33.9 Å². The second-order valence-electron chi connectivity index (χ2n) is 5.05. The fraction of sp³-hybridized carbons (Fsp3) is 0.583. The molecule has 86 valence electrons. The van der Waals surface area contributed by atoms with Crippen molar-refractivity contribution in [2.45, 2.75) is 26.7 Å². The molecule has 2 rings (SSSR count). The summed E-state index contributed by atoms with van der Waals surface area (Å²) in [7, 11) is 0. The van der Waals surface area contributed by atoms with Crippen molar-refractivity contribution < 1.29 is 4.79 Å². The number of amides is 1. The maximum Gasteiger partial charge on any atom is 0.274 e. The Morgan fingerprint density at radius 2 is 2.00 bits per heavy atom. The summed E-state index contributed by atoms with van der Waals surface area (Å²) in [6.45, 7) is 6.14. The van der Waals surface area contributed by atoms with E-state index in [0.29, 0.717) is 11.1 Å². The second kappa shape index (κ2) is 4.20. The monoisotopic (exact) mass is 219 g/mol. The van der Waals surface area contributed by atoms with Gasteiger partial charge in [-0.2, -0.15) is 0 Å². The van der Waals surface area contributed by atoms with Crippen LogP contribution in [0, 0.1) is 5.41 Å². The first-order chi connectivity index (χ1) is 7.58. The number of carbonyl (C=O) groups excluding carboxylic acids is 1. The predicted octanol–water partition coefficient (Wildman–Crippen LogP) is 1.74. The van der Waals surface area contributed by atoms with Gasteiger partial charge in [0.05, 0.1) is 6.20 Å². The van der Waals surface area contributed by atoms with Gasteiger partial charge < -0.3 is 4.90 Å². The van der Waals surface area contributed by atoms with Gasteiger partial charge in [-0.05, 0) is 18.3 Å². The van der Waals surface area contributed by atoms with Gasteiger partial charge >= 0.3 is 0 Å². The van der Waals surface area contributed by atoms with E-state index in [1.54, 1.807) is 12.4 Å². The maximum atomic E-state index is 12.0. The molecule has 0 spiro atoms. The molecule has 4 nitrogen and oxygen atoms in total. The lowest BCUT2D eigenvalue weighted by Gasteiger charge is -2.36. The molecule has 1 amide bonds. The molecule has 0 aliphatic carbocycles. The van der Waals surface area contributed by atoms with Crippen LogP contribution in [0.3, 0.4) is 0 Å². The second-order valence-corrected chi connectivity index (χ2v) is 5.05. The highest BCUT2D eigenvalue weighted by Gasteiger charge is 2.28. The van der Waals surface area contributed by atoms with E-state index in [1.165, 1.54) is 6.20 Å². The summed E-state index contributed by atoms with van der Waals surface area (Å²) < 4.78 is 0. The maximum absolute atomic E-state index is 12.0. The quantitative estimate of drug-likeness (QED) is 0.722. The Balaban J connectivity index is 2.03. The Hall–Kier alpha value is -1.45. The van der Waals surface area contributed by atoms with Gasteiger partial charge in [0.15, 0.2) is 0 Å². The average Bonchev–Trinajstić information content (AvgIpc) is 2.29. The number of aromatic nitrogens is 2. The fourth-order valence-electron chi connectivity index (χ4n) is 1.89. The molecular formula is C12H17N3O. The molecule has 0 N–H and O–H groups in total. The Morgan fingerprint density at radius 3 is 2.56 bits per heavy atom. The van der Waals surface area contributed by atoms with Crippen LogP contribution in [0.5, 0.6) is 0 Å². The Morgan fingerprint density at radius 1 is 1.31 bits per heavy atom. The fourth-order valence-corrected chi connectivity index (χ4v) is 1.89. The highest BCUT2D eigenvalue weighted by atomic mass is 16.2. The predicted molar refractivity (Wildman–Crippen MR) is 61.0 cm³/mol. The molecule has 0 radical (unpaired) electrons. The third kappa shape index (κ3) is 2.38. The van der Waals surface area contributed by atoms with E-state index in [1.807, 2.05) is 4.90 Å². The van der Waals surface area contributed by atoms with Crippen molar-refractivity contribution in [2.75, 3.05) is 13.1 Å². The molecular weight excluding hydrogens is 202 g/mol. The Labute approximate surface area is 95.7 Å². The summed E-state index contributed by atoms with van der Waals surface area (Å²) in [5.41, 5.74) is 0.807. The molecule has 0 bridgehead atoms. The zero-order chi connectivity index (χ0) is 11.6. The lowest BCUT2D eigenvalue weighted by atomic mass is 9.82. The summed E-state index contributed by atoms with van der Waals surface area (Å²) in [4.78, 5) is 21.9. The minimum Gasteiger partial charge on any atom is -0.337 e. The van der Waals surface area contributed by atoms with E-state index >= 15 is 0 Å². The lowest BCUT2D eigenvalue weighted by Crippen LogP contribution is -2.41. The van der Waals surface area contributed by atoms with Crippen LogP contribution < -0.4 is 0 Å². The summed E-state index contributed by atoms with van der Waals surface area (Å²) in [6, 6.07) is 0. The number of likely N-dealkylation sites (tertiary alicyclic amines) is 1. The summed E-state index contributed by atoms with van der Waals surface area (Å²) in [5, 5.41) is 0. The number of rotatable bonds is 1. The summed E-state index contributed by atoms with van der Waals surface area (Å²) in [5.74, 6) is 0.00333. The molecule has 1 fully saturated rings. The minimum atomic E-state index is 0.00333. The smallest absolute Gasteiger partial charge is 0.274 e. The number of carbonyl (C=O) groups is 1. The molecule has 1 saturated heterocycles. The molecule has 4 heteroatoms. The van der Waals surface area contributed by atoms with Crippen LogP contribution in [0.1, 0.15) is 37.2 Å². The van der Waals surface area contributed by atoms with Crippen molar-refractivity contribution in [1.82, 2.24) is 14.9 Å². The Bertz CT molecular complexity index is 365. The molecule has 1 aromatic heterocycles. The molecule has 1 aliphatic rings. The van der Waals surface area contributed by atoms with Crippen LogP contribution in [0.2, 0.25) is 0 Å². The Kier molecular flexibility index (Phi) is 2.90. The van der Waals surface area contributed by atoms with Crippen LogP contribution in [0.15, 0.2) is 18.6 Å². The largest absolute Gasteiger partial charge is 0.337 e. The molecule has 1 aromatic rings. The van der Waals surface area contributed by atoms with Gasteiger partial charge in [-0.3, -0.25) is 9.78 Å². The SMILES string of the molecule is CC1(C)CCN(C(=O)c2cnccn2)CC1. The molecule has 0 saturated carbocycles. The van der Waals surface area contributed by atoms with Gasteiger partial charge in [0.25, 0.3) is 5.91 Å². The molecule has 0 atom stereocenters. The number of piperidine rings is 1. The van der Waals surface area contributed by atoms with Crippen molar-refractivity contribution in [3.63, 3.8) is 0 Å². The third-order valence-corrected chi connectivity index (χ3v) is 3.19. The topological polar surface area (TPSA) is 46.1 Å². The minimum absolute atomic E-state index is 0.00333. The third-order valence-electron chi connectivity index (χ3n) is 3.19. The van der Waals surface area contributed by atoms with E-state index in [2.05, 4.69) is 23.8 Å². The van der Waals surface area contributed by atoms with Crippen molar-refractivity contribution in [3.05, 3.63) is 24.3 Å². The van der Waals surface area contributed by atoms with Crippen molar-refractivity contribution in [3.8, 4) is 0 Å². The zero-order valence-corrected chi connectivity index (χ0v) is 9.81. The number of nitrogens with zero attached hydrogens (tertiary/aromatic N) is 3. The van der Waals surface area contributed by atoms with Crippen molar-refractivity contribution in [1.29, 1.82) is 0 Å². The van der Waals surface area contributed by atoms with Gasteiger partial charge in [-0.25, -0.2) is 4.98 Å². The molecule has 1 aliphatic heterocycles. The van der Waals surface area contributed by atoms with E-state index in [4.69, 9.17) is 0 Å². The van der Waals surface area contributed by atoms with E-state index in [-0.39, 0.29) is 5.91 Å². The zero-order valence-electron chi connectivity index (χ0n) is 9.81. The lowest BCUT2D eigenvalue weighted by molar-refractivity contribution is 0.0624. The molecule has 2 heterocycles. The van der Waals surface area contributed by atoms with Crippen molar-refractivity contribution in [2.24, 2.45) is 5.41 Å². The molecule has 16 heavy (non-hydrogen) atoms. The molecule has 0 aromatic carbocycles. The summed E-state index contributed by atoms with van der Waals surface area (Å²) in [6.07, 6.45) is 6.78. The van der Waals surface area contributed by atoms with E-state index in [9.17, 15) is 4.79 Å². The molecule has 0 unspecified atom stereocenters. The van der Waals surface area contributed by atoms with Gasteiger partial charge in [0.1, 0.15) is 5.69 Å². The van der Waals surface area contributed by atoms with E-state index in [0.717, 1.165) is 25.9 Å². The highest BCUT2D eigenvalue weighted by molar-refractivity contribution is 5.92. The standard InChI is InChI=1S/C12H17N3O/c1-12(2)3-7-15(8-4-12)11(16)10-9-13-5-6-14-10/h5-6,9H,3-4,7-8H2,1-2H3. The highest BCUT2D eigenvalue weighted by Crippen LogP contribution is 2.29. The van der Waals surface area contributed by atoms with Crippen LogP contribution in [-0.2, 0) is 0 Å². The number of hydrogen-bond acceptors (Lipinski definition) is 3. The summed E-state index contributed by atoms with van der Waals surface area (Å²) >= 11 is 0. The number of hydrogen-bond donors (Lipinski definition) is 0. The average molecular weight is 219 g/mol. The van der Waals surface area contributed by atoms with Gasteiger partial charge in [-0.1, -0.05) is 13.8 Å². The van der Waals surface area contributed by atoms with Crippen LogP contribution >= 0.6 is 0 Å².